The SMILES string of the molecule is NCc1ccccc1-c1ccc(C2OC(CSc3ncccn3)CC(c3ccc(CO)cc3)O2)cc1. The van der Waals surface area contributed by atoms with E-state index in [0.29, 0.717) is 6.54 Å². The number of nitrogens with two attached hydrogens (primary N) is 1. The molecule has 7 heteroatoms. The third-order valence-corrected chi connectivity index (χ3v) is 7.29. The Balaban J connectivity index is 1.37. The number of thioether (sulfide) groups is 1. The third kappa shape index (κ3) is 5.83. The lowest BCUT2D eigenvalue weighted by molar-refractivity contribution is -0.245. The summed E-state index contributed by atoms with van der Waals surface area (Å²) in [7, 11) is 0. The van der Waals surface area contributed by atoms with Crippen molar-refractivity contribution in [2.75, 3.05) is 5.75 Å². The first-order valence-electron chi connectivity index (χ1n) is 12.0. The topological polar surface area (TPSA) is 90.5 Å². The van der Waals surface area contributed by atoms with Gasteiger partial charge in [0.25, 0.3) is 0 Å². The zero-order valence-electron chi connectivity index (χ0n) is 19.9. The molecular weight excluding hydrogens is 470 g/mol. The van der Waals surface area contributed by atoms with E-state index in [4.69, 9.17) is 15.2 Å². The average molecular weight is 500 g/mol. The van der Waals surface area contributed by atoms with Gasteiger partial charge < -0.3 is 20.3 Å². The van der Waals surface area contributed by atoms with Crippen LogP contribution in [0.1, 0.15) is 41.1 Å². The quantitative estimate of drug-likeness (QED) is 0.247. The fourth-order valence-corrected chi connectivity index (χ4v) is 5.17. The van der Waals surface area contributed by atoms with E-state index in [1.807, 2.05) is 42.5 Å². The molecule has 184 valence electrons. The number of rotatable bonds is 8. The summed E-state index contributed by atoms with van der Waals surface area (Å²) in [4.78, 5) is 8.64. The van der Waals surface area contributed by atoms with Crippen LogP contribution < -0.4 is 5.73 Å². The molecule has 1 aromatic heterocycles. The Hall–Kier alpha value is -3.07. The molecule has 3 unspecified atom stereocenters. The van der Waals surface area contributed by atoms with Gasteiger partial charge in [-0.25, -0.2) is 9.97 Å². The predicted octanol–water partition coefficient (Wildman–Crippen LogP) is 5.43. The Kier molecular flexibility index (Phi) is 8.05. The Morgan fingerprint density at radius 3 is 2.31 bits per heavy atom. The zero-order chi connectivity index (χ0) is 24.7. The molecule has 4 aromatic rings. The number of hydrogen-bond donors (Lipinski definition) is 2. The summed E-state index contributed by atoms with van der Waals surface area (Å²) in [5, 5.41) is 10.1. The molecule has 3 atom stereocenters. The molecule has 0 bridgehead atoms. The van der Waals surface area contributed by atoms with Gasteiger partial charge in [0.15, 0.2) is 11.4 Å². The third-order valence-electron chi connectivity index (χ3n) is 6.29. The van der Waals surface area contributed by atoms with Crippen LogP contribution in [-0.2, 0) is 22.6 Å². The number of hydrogen-bond acceptors (Lipinski definition) is 7. The Morgan fingerprint density at radius 1 is 0.861 bits per heavy atom. The minimum Gasteiger partial charge on any atom is -0.392 e. The molecule has 1 aliphatic rings. The molecule has 0 amide bonds. The molecule has 5 rings (SSSR count). The van der Waals surface area contributed by atoms with E-state index in [2.05, 4.69) is 46.4 Å². The smallest absolute Gasteiger partial charge is 0.187 e. The lowest BCUT2D eigenvalue weighted by Crippen LogP contribution is -2.31. The standard InChI is InChI=1S/C29H29N3O3S/c30-17-24-4-1-2-5-26(24)21-10-12-23(13-11-21)28-34-25(19-36-29-31-14-3-15-32-29)16-27(35-28)22-8-6-20(18-33)7-9-22/h1-15,25,27-28,33H,16-19,30H2. The maximum Gasteiger partial charge on any atom is 0.187 e. The second-order valence-electron chi connectivity index (χ2n) is 8.68. The molecule has 2 heterocycles. The molecule has 0 saturated carbocycles. The maximum atomic E-state index is 9.41. The van der Waals surface area contributed by atoms with E-state index in [9.17, 15) is 5.11 Å². The first-order valence-corrected chi connectivity index (χ1v) is 13.0. The Bertz CT molecular complexity index is 1250. The summed E-state index contributed by atoms with van der Waals surface area (Å²) < 4.78 is 12.9. The highest BCUT2D eigenvalue weighted by molar-refractivity contribution is 7.99. The van der Waals surface area contributed by atoms with Crippen molar-refractivity contribution < 1.29 is 14.6 Å². The normalized spacial score (nSPS) is 19.8. The van der Waals surface area contributed by atoms with E-state index >= 15 is 0 Å². The second-order valence-corrected chi connectivity index (χ2v) is 9.66. The van der Waals surface area contributed by atoms with Crippen LogP contribution in [0.4, 0.5) is 0 Å². The van der Waals surface area contributed by atoms with Crippen LogP contribution in [0.25, 0.3) is 11.1 Å². The summed E-state index contributed by atoms with van der Waals surface area (Å²) in [6.45, 7) is 0.515. The van der Waals surface area contributed by atoms with Gasteiger partial charge in [0.2, 0.25) is 0 Å². The number of ether oxygens (including phenoxy) is 2. The summed E-state index contributed by atoms with van der Waals surface area (Å²) >= 11 is 1.58. The van der Waals surface area contributed by atoms with Crippen molar-refractivity contribution in [3.63, 3.8) is 0 Å². The Morgan fingerprint density at radius 2 is 1.58 bits per heavy atom. The van der Waals surface area contributed by atoms with Crippen LogP contribution in [0.15, 0.2) is 96.4 Å². The largest absolute Gasteiger partial charge is 0.392 e. The maximum absolute atomic E-state index is 9.41. The molecular formula is C29H29N3O3S. The highest BCUT2D eigenvalue weighted by Crippen LogP contribution is 2.39. The molecule has 0 radical (unpaired) electrons. The van der Waals surface area contributed by atoms with Crippen LogP contribution in [-0.4, -0.2) is 26.9 Å². The van der Waals surface area contributed by atoms with Crippen LogP contribution in [0, 0.1) is 0 Å². The summed E-state index contributed by atoms with van der Waals surface area (Å²) in [5.41, 5.74) is 12.2. The molecule has 1 saturated heterocycles. The fraction of sp³-hybridized carbons (Fsp3) is 0.241. The van der Waals surface area contributed by atoms with E-state index in [-0.39, 0.29) is 18.8 Å². The number of benzene rings is 3. The fourth-order valence-electron chi connectivity index (χ4n) is 4.35. The summed E-state index contributed by atoms with van der Waals surface area (Å²) in [5.74, 6) is 0.719. The average Bonchev–Trinajstić information content (AvgIpc) is 2.96. The van der Waals surface area contributed by atoms with Gasteiger partial charge in [-0.05, 0) is 33.9 Å². The van der Waals surface area contributed by atoms with Crippen LogP contribution >= 0.6 is 11.8 Å². The van der Waals surface area contributed by atoms with Crippen LogP contribution in [0.2, 0.25) is 0 Å². The first kappa shape index (κ1) is 24.6. The van der Waals surface area contributed by atoms with Crippen molar-refractivity contribution in [1.82, 2.24) is 9.97 Å². The van der Waals surface area contributed by atoms with Crippen LogP contribution in [0.3, 0.4) is 0 Å². The highest BCUT2D eigenvalue weighted by atomic mass is 32.2. The number of aliphatic hydroxyl groups is 1. The van der Waals surface area contributed by atoms with Crippen LogP contribution in [0.5, 0.6) is 0 Å². The lowest BCUT2D eigenvalue weighted by atomic mass is 9.98. The lowest BCUT2D eigenvalue weighted by Gasteiger charge is -2.36. The van der Waals surface area contributed by atoms with Crippen molar-refractivity contribution in [2.45, 2.75) is 43.2 Å². The van der Waals surface area contributed by atoms with Crippen molar-refractivity contribution >= 4 is 11.8 Å². The van der Waals surface area contributed by atoms with Gasteiger partial charge in [-0.3, -0.25) is 0 Å². The molecule has 6 nitrogen and oxygen atoms in total. The summed E-state index contributed by atoms with van der Waals surface area (Å²) in [6, 6.07) is 26.2. The van der Waals surface area contributed by atoms with Crippen molar-refractivity contribution in [3.8, 4) is 11.1 Å². The molecule has 1 aliphatic heterocycles. The molecule has 3 aromatic carbocycles. The zero-order valence-corrected chi connectivity index (χ0v) is 20.7. The monoisotopic (exact) mass is 499 g/mol. The minimum atomic E-state index is -0.498. The second kappa shape index (κ2) is 11.8. The van der Waals surface area contributed by atoms with Gasteiger partial charge in [0.1, 0.15) is 0 Å². The number of aromatic nitrogens is 2. The van der Waals surface area contributed by atoms with Gasteiger partial charge in [0, 0.05) is 36.7 Å². The van der Waals surface area contributed by atoms with E-state index < -0.39 is 6.29 Å². The van der Waals surface area contributed by atoms with Gasteiger partial charge in [-0.1, -0.05) is 84.6 Å². The molecule has 0 spiro atoms. The van der Waals surface area contributed by atoms with Crippen molar-refractivity contribution in [2.24, 2.45) is 5.73 Å². The van der Waals surface area contributed by atoms with Gasteiger partial charge in [-0.2, -0.15) is 0 Å². The van der Waals surface area contributed by atoms with E-state index in [0.717, 1.165) is 50.7 Å². The highest BCUT2D eigenvalue weighted by Gasteiger charge is 2.32. The molecule has 3 N–H and O–H groups in total. The van der Waals surface area contributed by atoms with Crippen molar-refractivity contribution in [3.05, 3.63) is 114 Å². The summed E-state index contributed by atoms with van der Waals surface area (Å²) in [6.07, 6.45) is 3.55. The van der Waals surface area contributed by atoms with Gasteiger partial charge in [0.05, 0.1) is 18.8 Å². The molecule has 36 heavy (non-hydrogen) atoms. The molecule has 0 aliphatic carbocycles. The molecule has 1 fully saturated rings. The number of nitrogens with zero attached hydrogens (tertiary/aromatic N) is 2. The van der Waals surface area contributed by atoms with E-state index in [1.165, 1.54) is 0 Å². The minimum absolute atomic E-state index is 0.0213. The van der Waals surface area contributed by atoms with E-state index in [1.54, 1.807) is 24.2 Å². The Labute approximate surface area is 215 Å². The first-order chi connectivity index (χ1) is 17.7. The van der Waals surface area contributed by atoms with Gasteiger partial charge >= 0.3 is 0 Å². The van der Waals surface area contributed by atoms with Crippen molar-refractivity contribution in [1.29, 1.82) is 0 Å². The number of aliphatic hydroxyl groups excluding tert-OH is 1. The predicted molar refractivity (Wildman–Crippen MR) is 141 cm³/mol. The van der Waals surface area contributed by atoms with Gasteiger partial charge in [-0.15, -0.1) is 0 Å².